The lowest BCUT2D eigenvalue weighted by atomic mass is 9.93. The third-order valence-corrected chi connectivity index (χ3v) is 4.73. The number of hydrogen-bond donors (Lipinski definition) is 1. The number of rotatable bonds is 3. The first-order chi connectivity index (χ1) is 10.1. The Balaban J connectivity index is 1.78. The highest BCUT2D eigenvalue weighted by Crippen LogP contribution is 2.34. The molecule has 2 aliphatic rings. The van der Waals surface area contributed by atoms with E-state index >= 15 is 0 Å². The van der Waals surface area contributed by atoms with Gasteiger partial charge in [-0.2, -0.15) is 0 Å². The van der Waals surface area contributed by atoms with Crippen molar-refractivity contribution in [2.45, 2.75) is 24.8 Å². The smallest absolute Gasteiger partial charge is 0.308 e. The number of likely N-dealkylation sites (tertiary alicyclic amines) is 1. The number of pyridine rings is 1. The molecule has 3 rings (SSSR count). The number of halogens is 1. The van der Waals surface area contributed by atoms with Crippen molar-refractivity contribution in [1.82, 2.24) is 9.88 Å². The summed E-state index contributed by atoms with van der Waals surface area (Å²) in [5, 5.41) is 10.1. The zero-order chi connectivity index (χ0) is 14.8. The minimum absolute atomic E-state index is 0.0670. The molecule has 0 unspecified atom stereocenters. The van der Waals surface area contributed by atoms with E-state index in [0.717, 1.165) is 38.3 Å². The maximum Gasteiger partial charge on any atom is 0.308 e. The third kappa shape index (κ3) is 3.20. The molecular formula is C15H19ClN2O3. The fourth-order valence-electron chi connectivity index (χ4n) is 3.34. The molecule has 2 saturated heterocycles. The SMILES string of the molecule is O=C(O)[C@H]1CN(C2CCOCC2)C[C@@H]1c1ccc(Cl)cn1. The van der Waals surface area contributed by atoms with Crippen LogP contribution in [0.25, 0.3) is 0 Å². The second-order valence-electron chi connectivity index (χ2n) is 5.75. The van der Waals surface area contributed by atoms with Crippen LogP contribution in [0.2, 0.25) is 5.02 Å². The van der Waals surface area contributed by atoms with Gasteiger partial charge in [0.05, 0.1) is 10.9 Å². The largest absolute Gasteiger partial charge is 0.481 e. The summed E-state index contributed by atoms with van der Waals surface area (Å²) in [6, 6.07) is 4.05. The highest BCUT2D eigenvalue weighted by Gasteiger charge is 2.41. The lowest BCUT2D eigenvalue weighted by Crippen LogP contribution is -2.38. The maximum atomic E-state index is 11.6. The first kappa shape index (κ1) is 14.8. The summed E-state index contributed by atoms with van der Waals surface area (Å²) in [4.78, 5) is 18.2. The van der Waals surface area contributed by atoms with Gasteiger partial charge in [0.25, 0.3) is 0 Å². The first-order valence-corrected chi connectivity index (χ1v) is 7.69. The van der Waals surface area contributed by atoms with Gasteiger partial charge in [0.15, 0.2) is 0 Å². The molecular weight excluding hydrogens is 292 g/mol. The molecule has 1 aromatic heterocycles. The minimum atomic E-state index is -0.744. The van der Waals surface area contributed by atoms with Gasteiger partial charge in [-0.1, -0.05) is 11.6 Å². The van der Waals surface area contributed by atoms with Crippen LogP contribution in [0, 0.1) is 5.92 Å². The molecule has 1 N–H and O–H groups in total. The lowest BCUT2D eigenvalue weighted by molar-refractivity contribution is -0.141. The van der Waals surface area contributed by atoms with E-state index in [-0.39, 0.29) is 5.92 Å². The minimum Gasteiger partial charge on any atom is -0.481 e. The van der Waals surface area contributed by atoms with Gasteiger partial charge in [0.2, 0.25) is 0 Å². The number of hydrogen-bond acceptors (Lipinski definition) is 4. The monoisotopic (exact) mass is 310 g/mol. The van der Waals surface area contributed by atoms with Crippen molar-refractivity contribution in [1.29, 1.82) is 0 Å². The number of carboxylic acids is 1. The third-order valence-electron chi connectivity index (χ3n) is 4.50. The van der Waals surface area contributed by atoms with Crippen LogP contribution in [0.5, 0.6) is 0 Å². The molecule has 0 aliphatic carbocycles. The van der Waals surface area contributed by atoms with Gasteiger partial charge < -0.3 is 9.84 Å². The van der Waals surface area contributed by atoms with Gasteiger partial charge in [0, 0.05) is 50.2 Å². The molecule has 3 heterocycles. The molecule has 5 nitrogen and oxygen atoms in total. The molecule has 2 atom stereocenters. The second kappa shape index (κ2) is 6.30. The van der Waals surface area contributed by atoms with Crippen molar-refractivity contribution in [2.75, 3.05) is 26.3 Å². The standard InChI is InChI=1S/C15H19ClN2O3/c16-10-1-2-14(17-7-10)12-8-18(9-13(12)15(19)20)11-3-5-21-6-4-11/h1-2,7,11-13H,3-6,8-9H2,(H,19,20)/t12-,13-/m0/s1. The molecule has 114 valence electrons. The van der Waals surface area contributed by atoms with E-state index < -0.39 is 11.9 Å². The van der Waals surface area contributed by atoms with Crippen molar-refractivity contribution in [3.8, 4) is 0 Å². The summed E-state index contributed by atoms with van der Waals surface area (Å²) >= 11 is 5.86. The van der Waals surface area contributed by atoms with E-state index in [1.807, 2.05) is 6.07 Å². The molecule has 2 aliphatic heterocycles. The Hall–Kier alpha value is -1.17. The zero-order valence-electron chi connectivity index (χ0n) is 11.7. The average Bonchev–Trinajstić information content (AvgIpc) is 2.94. The van der Waals surface area contributed by atoms with Crippen LogP contribution in [0.3, 0.4) is 0 Å². The molecule has 0 saturated carbocycles. The summed E-state index contributed by atoms with van der Waals surface area (Å²) in [5.41, 5.74) is 0.821. The first-order valence-electron chi connectivity index (χ1n) is 7.31. The Morgan fingerprint density at radius 2 is 2.10 bits per heavy atom. The Kier molecular flexibility index (Phi) is 4.42. The van der Waals surface area contributed by atoms with Crippen LogP contribution in [0.15, 0.2) is 18.3 Å². The van der Waals surface area contributed by atoms with E-state index in [0.29, 0.717) is 17.6 Å². The van der Waals surface area contributed by atoms with Gasteiger partial charge >= 0.3 is 5.97 Å². The molecule has 0 radical (unpaired) electrons. The van der Waals surface area contributed by atoms with E-state index in [9.17, 15) is 9.90 Å². The number of nitrogens with zero attached hydrogens (tertiary/aromatic N) is 2. The number of carbonyl (C=O) groups is 1. The van der Waals surface area contributed by atoms with Crippen LogP contribution in [-0.4, -0.2) is 53.3 Å². The summed E-state index contributed by atoms with van der Waals surface area (Å²) in [6.07, 6.45) is 3.55. The Labute approximate surface area is 128 Å². The van der Waals surface area contributed by atoms with Crippen LogP contribution >= 0.6 is 11.6 Å². The van der Waals surface area contributed by atoms with E-state index in [2.05, 4.69) is 9.88 Å². The van der Waals surface area contributed by atoms with Crippen LogP contribution in [0.1, 0.15) is 24.5 Å². The van der Waals surface area contributed by atoms with E-state index in [1.54, 1.807) is 12.3 Å². The highest BCUT2D eigenvalue weighted by molar-refractivity contribution is 6.30. The van der Waals surface area contributed by atoms with E-state index in [4.69, 9.17) is 16.3 Å². The molecule has 0 bridgehead atoms. The molecule has 21 heavy (non-hydrogen) atoms. The maximum absolute atomic E-state index is 11.6. The Morgan fingerprint density at radius 1 is 1.33 bits per heavy atom. The van der Waals surface area contributed by atoms with Gasteiger partial charge in [-0.15, -0.1) is 0 Å². The fraction of sp³-hybridized carbons (Fsp3) is 0.600. The molecule has 2 fully saturated rings. The van der Waals surface area contributed by atoms with Crippen molar-refractivity contribution in [3.05, 3.63) is 29.0 Å². The lowest BCUT2D eigenvalue weighted by Gasteiger charge is -2.31. The van der Waals surface area contributed by atoms with Crippen LogP contribution < -0.4 is 0 Å². The van der Waals surface area contributed by atoms with Crippen molar-refractivity contribution in [2.24, 2.45) is 5.92 Å². The van der Waals surface area contributed by atoms with Crippen LogP contribution in [0.4, 0.5) is 0 Å². The number of carboxylic acid groups (broad SMARTS) is 1. The zero-order valence-corrected chi connectivity index (χ0v) is 12.5. The summed E-state index contributed by atoms with van der Waals surface area (Å²) < 4.78 is 5.39. The van der Waals surface area contributed by atoms with Gasteiger partial charge in [0.1, 0.15) is 0 Å². The molecule has 0 spiro atoms. The Bertz CT molecular complexity index is 502. The molecule has 1 aromatic rings. The predicted molar refractivity (Wildman–Crippen MR) is 78.5 cm³/mol. The van der Waals surface area contributed by atoms with Gasteiger partial charge in [-0.05, 0) is 25.0 Å². The highest BCUT2D eigenvalue weighted by atomic mass is 35.5. The van der Waals surface area contributed by atoms with Crippen molar-refractivity contribution >= 4 is 17.6 Å². The van der Waals surface area contributed by atoms with Gasteiger partial charge in [-0.3, -0.25) is 14.7 Å². The molecule has 0 aromatic carbocycles. The summed E-state index contributed by atoms with van der Waals surface area (Å²) in [7, 11) is 0. The topological polar surface area (TPSA) is 62.7 Å². The molecule has 0 amide bonds. The second-order valence-corrected chi connectivity index (χ2v) is 6.19. The summed E-state index contributed by atoms with van der Waals surface area (Å²) in [5.74, 6) is -1.21. The Morgan fingerprint density at radius 3 is 2.71 bits per heavy atom. The van der Waals surface area contributed by atoms with E-state index in [1.165, 1.54) is 0 Å². The summed E-state index contributed by atoms with van der Waals surface area (Å²) in [6.45, 7) is 2.87. The average molecular weight is 311 g/mol. The predicted octanol–water partition coefficient (Wildman–Crippen LogP) is 2.01. The molecule has 6 heteroatoms. The number of aromatic nitrogens is 1. The van der Waals surface area contributed by atoms with Crippen molar-refractivity contribution < 1.29 is 14.6 Å². The quantitative estimate of drug-likeness (QED) is 0.925. The number of aliphatic carboxylic acids is 1. The van der Waals surface area contributed by atoms with Crippen LogP contribution in [-0.2, 0) is 9.53 Å². The number of ether oxygens (including phenoxy) is 1. The fourth-order valence-corrected chi connectivity index (χ4v) is 3.45. The van der Waals surface area contributed by atoms with Crippen molar-refractivity contribution in [3.63, 3.8) is 0 Å². The normalized spacial score (nSPS) is 27.9. The van der Waals surface area contributed by atoms with Gasteiger partial charge in [-0.25, -0.2) is 0 Å².